The van der Waals surface area contributed by atoms with Gasteiger partial charge in [-0.2, -0.15) is 13.2 Å². The fourth-order valence-electron chi connectivity index (χ4n) is 1.27. The summed E-state index contributed by atoms with van der Waals surface area (Å²) in [5, 5.41) is 0. The van der Waals surface area contributed by atoms with E-state index in [0.29, 0.717) is 12.4 Å². The second-order valence-electron chi connectivity index (χ2n) is 3.02. The van der Waals surface area contributed by atoms with Crippen LogP contribution in [0.15, 0.2) is 18.2 Å². The quantitative estimate of drug-likeness (QED) is 0.793. The van der Waals surface area contributed by atoms with Crippen molar-refractivity contribution < 1.29 is 22.6 Å². The third-order valence-electron chi connectivity index (χ3n) is 1.87. The molecule has 0 saturated carbocycles. The standard InChI is InChI=1S/C11H13F3O2/c1-3-15-8-5-6-9(11(12,13)14)10(7-8)16-4-2/h5-7H,3-4H2,1-2H3. The number of benzene rings is 1. The summed E-state index contributed by atoms with van der Waals surface area (Å²) in [6.45, 7) is 3.97. The molecule has 0 atom stereocenters. The van der Waals surface area contributed by atoms with Crippen LogP contribution < -0.4 is 9.47 Å². The molecular formula is C11H13F3O2. The smallest absolute Gasteiger partial charge is 0.419 e. The minimum Gasteiger partial charge on any atom is -0.494 e. The number of halogens is 3. The molecule has 2 nitrogen and oxygen atoms in total. The summed E-state index contributed by atoms with van der Waals surface area (Å²) in [5.74, 6) is 0.180. The molecule has 0 amide bonds. The molecule has 0 aliphatic heterocycles. The van der Waals surface area contributed by atoms with E-state index in [-0.39, 0.29) is 12.4 Å². The van der Waals surface area contributed by atoms with Crippen molar-refractivity contribution >= 4 is 0 Å². The molecule has 0 aromatic heterocycles. The molecule has 0 spiro atoms. The third kappa shape index (κ3) is 3.05. The van der Waals surface area contributed by atoms with Crippen LogP contribution in [-0.2, 0) is 6.18 Å². The van der Waals surface area contributed by atoms with Crippen molar-refractivity contribution in [3.05, 3.63) is 23.8 Å². The highest BCUT2D eigenvalue weighted by molar-refractivity contribution is 5.42. The topological polar surface area (TPSA) is 18.5 Å². The molecule has 0 fully saturated rings. The molecular weight excluding hydrogens is 221 g/mol. The lowest BCUT2D eigenvalue weighted by molar-refractivity contribution is -0.138. The summed E-state index contributed by atoms with van der Waals surface area (Å²) in [7, 11) is 0. The zero-order valence-electron chi connectivity index (χ0n) is 9.10. The number of rotatable bonds is 4. The Morgan fingerprint density at radius 3 is 2.19 bits per heavy atom. The van der Waals surface area contributed by atoms with Gasteiger partial charge in [-0.25, -0.2) is 0 Å². The van der Waals surface area contributed by atoms with Crippen LogP contribution in [0.3, 0.4) is 0 Å². The molecule has 0 bridgehead atoms. The molecule has 90 valence electrons. The Balaban J connectivity index is 3.09. The van der Waals surface area contributed by atoms with Crippen LogP contribution in [-0.4, -0.2) is 13.2 Å². The highest BCUT2D eigenvalue weighted by Crippen LogP contribution is 2.38. The maximum absolute atomic E-state index is 12.6. The van der Waals surface area contributed by atoms with Crippen LogP contribution in [0.5, 0.6) is 11.5 Å². The van der Waals surface area contributed by atoms with Gasteiger partial charge in [-0.15, -0.1) is 0 Å². The fourth-order valence-corrected chi connectivity index (χ4v) is 1.27. The first-order valence-corrected chi connectivity index (χ1v) is 4.95. The van der Waals surface area contributed by atoms with Gasteiger partial charge in [0.05, 0.1) is 18.8 Å². The first-order chi connectivity index (χ1) is 7.49. The molecule has 1 aromatic carbocycles. The minimum atomic E-state index is -4.41. The van der Waals surface area contributed by atoms with Crippen molar-refractivity contribution in [2.45, 2.75) is 20.0 Å². The molecule has 0 radical (unpaired) electrons. The van der Waals surface area contributed by atoms with Gasteiger partial charge < -0.3 is 9.47 Å². The molecule has 0 aliphatic rings. The van der Waals surface area contributed by atoms with Gasteiger partial charge in [0.2, 0.25) is 0 Å². The fraction of sp³-hybridized carbons (Fsp3) is 0.455. The van der Waals surface area contributed by atoms with E-state index >= 15 is 0 Å². The van der Waals surface area contributed by atoms with Gasteiger partial charge in [0.15, 0.2) is 0 Å². The van der Waals surface area contributed by atoms with Crippen molar-refractivity contribution in [1.29, 1.82) is 0 Å². The van der Waals surface area contributed by atoms with E-state index < -0.39 is 11.7 Å². The second kappa shape index (κ2) is 5.09. The highest BCUT2D eigenvalue weighted by Gasteiger charge is 2.34. The number of ether oxygens (including phenoxy) is 2. The number of alkyl halides is 3. The van der Waals surface area contributed by atoms with Gasteiger partial charge in [0.1, 0.15) is 11.5 Å². The lowest BCUT2D eigenvalue weighted by Crippen LogP contribution is -2.09. The maximum atomic E-state index is 12.6. The molecule has 0 saturated heterocycles. The largest absolute Gasteiger partial charge is 0.494 e. The predicted octanol–water partition coefficient (Wildman–Crippen LogP) is 3.50. The molecule has 0 N–H and O–H groups in total. The summed E-state index contributed by atoms with van der Waals surface area (Å²) in [4.78, 5) is 0. The molecule has 0 unspecified atom stereocenters. The van der Waals surface area contributed by atoms with Crippen LogP contribution in [0.25, 0.3) is 0 Å². The molecule has 0 aliphatic carbocycles. The molecule has 1 aromatic rings. The third-order valence-corrected chi connectivity index (χ3v) is 1.87. The SMILES string of the molecule is CCOc1ccc(C(F)(F)F)c(OCC)c1. The number of hydrogen-bond acceptors (Lipinski definition) is 2. The average molecular weight is 234 g/mol. The highest BCUT2D eigenvalue weighted by atomic mass is 19.4. The van der Waals surface area contributed by atoms with Gasteiger partial charge in [-0.1, -0.05) is 0 Å². The van der Waals surface area contributed by atoms with E-state index in [2.05, 4.69) is 0 Å². The van der Waals surface area contributed by atoms with E-state index in [1.54, 1.807) is 13.8 Å². The first-order valence-electron chi connectivity index (χ1n) is 4.95. The van der Waals surface area contributed by atoms with Crippen molar-refractivity contribution in [3.8, 4) is 11.5 Å². The zero-order chi connectivity index (χ0) is 12.2. The van der Waals surface area contributed by atoms with E-state index in [0.717, 1.165) is 6.07 Å². The van der Waals surface area contributed by atoms with Crippen molar-refractivity contribution in [2.24, 2.45) is 0 Å². The van der Waals surface area contributed by atoms with Crippen LogP contribution >= 0.6 is 0 Å². The van der Waals surface area contributed by atoms with E-state index in [4.69, 9.17) is 9.47 Å². The van der Waals surface area contributed by atoms with Crippen LogP contribution in [0.1, 0.15) is 19.4 Å². The minimum absolute atomic E-state index is 0.179. The second-order valence-corrected chi connectivity index (χ2v) is 3.02. The summed E-state index contributed by atoms with van der Waals surface area (Å²) >= 11 is 0. The number of hydrogen-bond donors (Lipinski definition) is 0. The van der Waals surface area contributed by atoms with Crippen LogP contribution in [0.4, 0.5) is 13.2 Å². The lowest BCUT2D eigenvalue weighted by atomic mass is 10.2. The first kappa shape index (κ1) is 12.7. The Bertz CT molecular complexity index is 348. The molecule has 16 heavy (non-hydrogen) atoms. The van der Waals surface area contributed by atoms with E-state index in [1.165, 1.54) is 12.1 Å². The van der Waals surface area contributed by atoms with Gasteiger partial charge in [-0.3, -0.25) is 0 Å². The monoisotopic (exact) mass is 234 g/mol. The lowest BCUT2D eigenvalue weighted by Gasteiger charge is -2.14. The Morgan fingerprint density at radius 1 is 1.06 bits per heavy atom. The molecule has 0 heterocycles. The van der Waals surface area contributed by atoms with Crippen molar-refractivity contribution in [1.82, 2.24) is 0 Å². The Kier molecular flexibility index (Phi) is 4.04. The van der Waals surface area contributed by atoms with Gasteiger partial charge in [0.25, 0.3) is 0 Å². The van der Waals surface area contributed by atoms with Crippen LogP contribution in [0, 0.1) is 0 Å². The zero-order valence-corrected chi connectivity index (χ0v) is 9.10. The normalized spacial score (nSPS) is 11.3. The summed E-state index contributed by atoms with van der Waals surface area (Å²) in [6, 6.07) is 3.51. The average Bonchev–Trinajstić information content (AvgIpc) is 2.17. The van der Waals surface area contributed by atoms with Crippen LogP contribution in [0.2, 0.25) is 0 Å². The summed E-state index contributed by atoms with van der Waals surface area (Å²) < 4.78 is 47.8. The van der Waals surface area contributed by atoms with E-state index in [9.17, 15) is 13.2 Å². The summed E-state index contributed by atoms with van der Waals surface area (Å²) in [5.41, 5.74) is -0.780. The molecule has 1 rings (SSSR count). The predicted molar refractivity (Wildman–Crippen MR) is 53.8 cm³/mol. The van der Waals surface area contributed by atoms with Crippen molar-refractivity contribution in [2.75, 3.05) is 13.2 Å². The van der Waals surface area contributed by atoms with Gasteiger partial charge >= 0.3 is 6.18 Å². The Morgan fingerprint density at radius 2 is 1.69 bits per heavy atom. The van der Waals surface area contributed by atoms with E-state index in [1.807, 2.05) is 0 Å². The van der Waals surface area contributed by atoms with Gasteiger partial charge in [-0.05, 0) is 26.0 Å². The van der Waals surface area contributed by atoms with Crippen molar-refractivity contribution in [3.63, 3.8) is 0 Å². The Labute approximate surface area is 92.0 Å². The summed E-state index contributed by atoms with van der Waals surface area (Å²) in [6.07, 6.45) is -4.41. The maximum Gasteiger partial charge on any atom is 0.419 e. The molecule has 5 heteroatoms. The Hall–Kier alpha value is -1.39. The van der Waals surface area contributed by atoms with Gasteiger partial charge in [0, 0.05) is 6.07 Å².